The van der Waals surface area contributed by atoms with Crippen LogP contribution in [0.1, 0.15) is 42.6 Å². The Kier molecular flexibility index (Phi) is 4.02. The van der Waals surface area contributed by atoms with E-state index in [1.165, 1.54) is 17.0 Å². The molecule has 0 spiro atoms. The Morgan fingerprint density at radius 3 is 2.65 bits per heavy atom. The molecule has 0 radical (unpaired) electrons. The Hall–Kier alpha value is -3.23. The van der Waals surface area contributed by atoms with Crippen molar-refractivity contribution in [3.8, 4) is 0 Å². The van der Waals surface area contributed by atoms with Gasteiger partial charge in [-0.1, -0.05) is 0 Å². The van der Waals surface area contributed by atoms with Crippen LogP contribution in [0, 0.1) is 17.0 Å². The number of rotatable bonds is 4. The normalized spacial score (nSPS) is 15.1. The molecule has 2 amide bonds. The van der Waals surface area contributed by atoms with Crippen LogP contribution in [0.25, 0.3) is 0 Å². The van der Waals surface area contributed by atoms with E-state index in [0.29, 0.717) is 23.5 Å². The van der Waals surface area contributed by atoms with E-state index in [0.717, 1.165) is 6.39 Å². The van der Waals surface area contributed by atoms with Crippen molar-refractivity contribution in [3.05, 3.63) is 45.7 Å². The summed E-state index contributed by atoms with van der Waals surface area (Å²) in [6, 6.07) is 2.82. The number of nitrogens with one attached hydrogen (secondary N) is 1. The van der Waals surface area contributed by atoms with Crippen molar-refractivity contribution in [2.24, 2.45) is 0 Å². The first-order chi connectivity index (χ1) is 12.2. The number of carbonyl (C=O) groups is 2. The molecule has 2 aromatic rings. The number of carbonyl (C=O) groups excluding carboxylic acids is 2. The first-order valence-electron chi connectivity index (χ1n) is 8.04. The maximum atomic E-state index is 12.6. The number of amides is 2. The van der Waals surface area contributed by atoms with Crippen molar-refractivity contribution >= 4 is 28.9 Å². The third-order valence-electron chi connectivity index (χ3n) is 4.57. The SMILES string of the molecule is CCN1C(=O)C(C)(C)c2cc(NC(=O)c3ocnc3C)c([N+](=O)[O-])cc21. The van der Waals surface area contributed by atoms with Crippen LogP contribution in [0.5, 0.6) is 0 Å². The van der Waals surface area contributed by atoms with Crippen molar-refractivity contribution < 1.29 is 18.9 Å². The Labute approximate surface area is 149 Å². The first-order valence-corrected chi connectivity index (χ1v) is 8.04. The van der Waals surface area contributed by atoms with E-state index in [2.05, 4.69) is 10.3 Å². The van der Waals surface area contributed by atoms with Crippen LogP contribution in [0.3, 0.4) is 0 Å². The molecule has 1 aliphatic rings. The van der Waals surface area contributed by atoms with Crippen LogP contribution in [0.15, 0.2) is 22.9 Å². The summed E-state index contributed by atoms with van der Waals surface area (Å²) in [5, 5.41) is 14.0. The van der Waals surface area contributed by atoms with Crippen molar-refractivity contribution in [2.45, 2.75) is 33.1 Å². The first kappa shape index (κ1) is 17.6. The summed E-state index contributed by atoms with van der Waals surface area (Å²) in [6.45, 7) is 7.30. The van der Waals surface area contributed by atoms with Gasteiger partial charge >= 0.3 is 0 Å². The van der Waals surface area contributed by atoms with Crippen LogP contribution < -0.4 is 10.2 Å². The van der Waals surface area contributed by atoms with Gasteiger partial charge in [0.15, 0.2) is 6.39 Å². The van der Waals surface area contributed by atoms with E-state index < -0.39 is 16.2 Å². The fourth-order valence-electron chi connectivity index (χ4n) is 3.13. The second kappa shape index (κ2) is 5.94. The Morgan fingerprint density at radius 1 is 1.42 bits per heavy atom. The highest BCUT2D eigenvalue weighted by Crippen LogP contribution is 2.45. The largest absolute Gasteiger partial charge is 0.438 e. The highest BCUT2D eigenvalue weighted by molar-refractivity contribution is 6.10. The number of aryl methyl sites for hydroxylation is 1. The molecule has 0 fully saturated rings. The molecular weight excluding hydrogens is 340 g/mol. The number of hydrogen-bond acceptors (Lipinski definition) is 6. The maximum absolute atomic E-state index is 12.6. The summed E-state index contributed by atoms with van der Waals surface area (Å²) in [4.78, 5) is 41.2. The number of fused-ring (bicyclic) bond motifs is 1. The molecule has 0 unspecified atom stereocenters. The molecule has 3 rings (SSSR count). The summed E-state index contributed by atoms with van der Waals surface area (Å²) in [7, 11) is 0. The van der Waals surface area contributed by atoms with E-state index in [9.17, 15) is 19.7 Å². The topological polar surface area (TPSA) is 119 Å². The Balaban J connectivity index is 2.11. The zero-order valence-electron chi connectivity index (χ0n) is 14.8. The van der Waals surface area contributed by atoms with Crippen LogP contribution in [0.4, 0.5) is 17.1 Å². The number of aromatic nitrogens is 1. The van der Waals surface area contributed by atoms with E-state index in [1.807, 2.05) is 0 Å². The molecule has 136 valence electrons. The Bertz CT molecular complexity index is 931. The van der Waals surface area contributed by atoms with Crippen LogP contribution in [-0.2, 0) is 10.2 Å². The quantitative estimate of drug-likeness (QED) is 0.663. The second-order valence-corrected chi connectivity index (χ2v) is 6.54. The van der Waals surface area contributed by atoms with Gasteiger partial charge in [0, 0.05) is 12.6 Å². The monoisotopic (exact) mass is 358 g/mol. The summed E-state index contributed by atoms with van der Waals surface area (Å²) in [5.74, 6) is -0.804. The summed E-state index contributed by atoms with van der Waals surface area (Å²) in [5.41, 5.74) is 0.357. The molecule has 0 atom stereocenters. The molecule has 0 bridgehead atoms. The zero-order chi connectivity index (χ0) is 19.2. The summed E-state index contributed by atoms with van der Waals surface area (Å²) < 4.78 is 5.03. The molecule has 1 aromatic carbocycles. The molecule has 0 saturated heterocycles. The molecule has 0 aliphatic carbocycles. The van der Waals surface area contributed by atoms with Gasteiger partial charge < -0.3 is 14.6 Å². The molecule has 1 aromatic heterocycles. The summed E-state index contributed by atoms with van der Waals surface area (Å²) >= 11 is 0. The number of nitrogens with zero attached hydrogens (tertiary/aromatic N) is 3. The lowest BCUT2D eigenvalue weighted by Gasteiger charge is -2.18. The average Bonchev–Trinajstić information content (AvgIpc) is 3.08. The summed E-state index contributed by atoms with van der Waals surface area (Å²) in [6.07, 6.45) is 1.13. The number of nitro benzene ring substituents is 1. The molecule has 1 N–H and O–H groups in total. The maximum Gasteiger partial charge on any atom is 0.294 e. The smallest absolute Gasteiger partial charge is 0.294 e. The molecule has 9 nitrogen and oxygen atoms in total. The standard InChI is InChI=1S/C17H18N4O5/c1-5-20-12-7-13(21(24)25)11(6-10(12)17(3,4)16(20)23)19-15(22)14-9(2)18-8-26-14/h6-8H,5H2,1-4H3,(H,19,22). The van der Waals surface area contributed by atoms with E-state index in [1.54, 1.807) is 27.7 Å². The van der Waals surface area contributed by atoms with Gasteiger partial charge in [0.1, 0.15) is 5.69 Å². The highest BCUT2D eigenvalue weighted by Gasteiger charge is 2.45. The fourth-order valence-corrected chi connectivity index (χ4v) is 3.13. The second-order valence-electron chi connectivity index (χ2n) is 6.54. The van der Waals surface area contributed by atoms with Gasteiger partial charge in [0.2, 0.25) is 11.7 Å². The lowest BCUT2D eigenvalue weighted by molar-refractivity contribution is -0.383. The third-order valence-corrected chi connectivity index (χ3v) is 4.57. The van der Waals surface area contributed by atoms with Gasteiger partial charge in [-0.3, -0.25) is 19.7 Å². The number of likely N-dealkylation sites (N-methyl/N-ethyl adjacent to an activating group) is 1. The molecule has 0 saturated carbocycles. The van der Waals surface area contributed by atoms with Crippen LogP contribution in [0.2, 0.25) is 0 Å². The van der Waals surface area contributed by atoms with Crippen molar-refractivity contribution in [1.82, 2.24) is 4.98 Å². The minimum atomic E-state index is -0.845. The minimum Gasteiger partial charge on any atom is -0.438 e. The third kappa shape index (κ3) is 2.52. The lowest BCUT2D eigenvalue weighted by atomic mass is 9.85. The van der Waals surface area contributed by atoms with E-state index in [-0.39, 0.29) is 23.0 Å². The van der Waals surface area contributed by atoms with Crippen LogP contribution >= 0.6 is 0 Å². The predicted octanol–water partition coefficient (Wildman–Crippen LogP) is 2.79. The number of nitro groups is 1. The van der Waals surface area contributed by atoms with Gasteiger partial charge in [0.25, 0.3) is 11.6 Å². The lowest BCUT2D eigenvalue weighted by Crippen LogP contribution is -2.35. The Morgan fingerprint density at radius 2 is 2.12 bits per heavy atom. The number of anilines is 2. The minimum absolute atomic E-state index is 0.00776. The number of hydrogen-bond donors (Lipinski definition) is 1. The predicted molar refractivity (Wildman–Crippen MR) is 93.3 cm³/mol. The average molecular weight is 358 g/mol. The molecular formula is C17H18N4O5. The number of benzene rings is 1. The highest BCUT2D eigenvalue weighted by atomic mass is 16.6. The van der Waals surface area contributed by atoms with Gasteiger partial charge in [-0.15, -0.1) is 0 Å². The van der Waals surface area contributed by atoms with E-state index in [4.69, 9.17) is 4.42 Å². The molecule has 26 heavy (non-hydrogen) atoms. The molecule has 1 aliphatic heterocycles. The van der Waals surface area contributed by atoms with Gasteiger partial charge in [-0.05, 0) is 39.3 Å². The van der Waals surface area contributed by atoms with Crippen molar-refractivity contribution in [2.75, 3.05) is 16.8 Å². The van der Waals surface area contributed by atoms with Gasteiger partial charge in [-0.25, -0.2) is 4.98 Å². The van der Waals surface area contributed by atoms with Gasteiger partial charge in [-0.2, -0.15) is 0 Å². The number of oxazole rings is 1. The van der Waals surface area contributed by atoms with Gasteiger partial charge in [0.05, 0.1) is 21.7 Å². The van der Waals surface area contributed by atoms with Crippen molar-refractivity contribution in [3.63, 3.8) is 0 Å². The van der Waals surface area contributed by atoms with Crippen LogP contribution in [-0.4, -0.2) is 28.3 Å². The van der Waals surface area contributed by atoms with E-state index >= 15 is 0 Å². The van der Waals surface area contributed by atoms with Crippen molar-refractivity contribution in [1.29, 1.82) is 0 Å². The molecule has 9 heteroatoms. The fraction of sp³-hybridized carbons (Fsp3) is 0.353. The molecule has 2 heterocycles. The zero-order valence-corrected chi connectivity index (χ0v) is 14.8.